The zero-order valence-corrected chi connectivity index (χ0v) is 11.1. The van der Waals surface area contributed by atoms with Crippen LogP contribution in [-0.2, 0) is 6.42 Å². The highest BCUT2D eigenvalue weighted by molar-refractivity contribution is 5.91. The summed E-state index contributed by atoms with van der Waals surface area (Å²) in [6.07, 6.45) is 2.46. The summed E-state index contributed by atoms with van der Waals surface area (Å²) >= 11 is 0. The monoisotopic (exact) mass is 267 g/mol. The molecule has 1 aromatic heterocycles. The Morgan fingerprint density at radius 2 is 2.00 bits per heavy atom. The number of rotatable bonds is 3. The van der Waals surface area contributed by atoms with Gasteiger partial charge in [-0.2, -0.15) is 0 Å². The second-order valence-corrected chi connectivity index (χ2v) is 4.56. The number of benzene rings is 2. The molecule has 20 heavy (non-hydrogen) atoms. The Morgan fingerprint density at radius 3 is 2.80 bits per heavy atom. The molecule has 0 atom stereocenters. The van der Waals surface area contributed by atoms with Crippen molar-refractivity contribution in [3.8, 4) is 0 Å². The van der Waals surface area contributed by atoms with E-state index in [1.807, 2.05) is 6.07 Å². The summed E-state index contributed by atoms with van der Waals surface area (Å²) in [5.41, 5.74) is 2.76. The lowest BCUT2D eigenvalue weighted by atomic mass is 10.1. The fourth-order valence-corrected chi connectivity index (χ4v) is 2.13. The maximum absolute atomic E-state index is 13.2. The van der Waals surface area contributed by atoms with Gasteiger partial charge in [0.05, 0.1) is 5.52 Å². The van der Waals surface area contributed by atoms with Gasteiger partial charge < -0.3 is 5.32 Å². The minimum atomic E-state index is -0.275. The van der Waals surface area contributed by atoms with Crippen molar-refractivity contribution in [3.05, 3.63) is 60.2 Å². The minimum absolute atomic E-state index is 0.275. The van der Waals surface area contributed by atoms with E-state index in [0.29, 0.717) is 11.5 Å². The molecule has 1 N–H and O–H groups in total. The number of nitrogens with zero attached hydrogens (tertiary/aromatic N) is 2. The van der Waals surface area contributed by atoms with Crippen LogP contribution >= 0.6 is 0 Å². The van der Waals surface area contributed by atoms with Crippen molar-refractivity contribution in [3.63, 3.8) is 0 Å². The lowest BCUT2D eigenvalue weighted by Crippen LogP contribution is -1.97. The van der Waals surface area contributed by atoms with Gasteiger partial charge in [-0.1, -0.05) is 19.1 Å². The SMILES string of the molecule is CCc1ccc2ncnc(Nc3cccc(F)c3)c2c1. The third kappa shape index (κ3) is 2.45. The molecule has 3 aromatic rings. The van der Waals surface area contributed by atoms with Gasteiger partial charge in [0, 0.05) is 11.1 Å². The number of halogens is 1. The molecule has 4 heteroatoms. The van der Waals surface area contributed by atoms with E-state index in [2.05, 4.69) is 34.3 Å². The van der Waals surface area contributed by atoms with Gasteiger partial charge in [-0.05, 0) is 42.3 Å². The molecule has 0 aliphatic heterocycles. The molecule has 3 nitrogen and oxygen atoms in total. The lowest BCUT2D eigenvalue weighted by molar-refractivity contribution is 0.628. The molecule has 0 aliphatic carbocycles. The summed E-state index contributed by atoms with van der Waals surface area (Å²) in [4.78, 5) is 8.51. The van der Waals surface area contributed by atoms with E-state index in [0.717, 1.165) is 17.3 Å². The average Bonchev–Trinajstić information content (AvgIpc) is 2.47. The number of aromatic nitrogens is 2. The van der Waals surface area contributed by atoms with Gasteiger partial charge in [0.15, 0.2) is 0 Å². The normalized spacial score (nSPS) is 10.7. The first-order chi connectivity index (χ1) is 9.76. The van der Waals surface area contributed by atoms with Gasteiger partial charge in [-0.15, -0.1) is 0 Å². The summed E-state index contributed by atoms with van der Waals surface area (Å²) < 4.78 is 13.2. The Labute approximate surface area is 116 Å². The highest BCUT2D eigenvalue weighted by Gasteiger charge is 2.05. The van der Waals surface area contributed by atoms with Crippen LogP contribution in [0.4, 0.5) is 15.9 Å². The summed E-state index contributed by atoms with van der Waals surface area (Å²) in [6, 6.07) is 12.4. The van der Waals surface area contributed by atoms with Gasteiger partial charge in [0.2, 0.25) is 0 Å². The predicted molar refractivity (Wildman–Crippen MR) is 78.6 cm³/mol. The molecule has 2 aromatic carbocycles. The van der Waals surface area contributed by atoms with E-state index in [1.165, 1.54) is 24.0 Å². The highest BCUT2D eigenvalue weighted by atomic mass is 19.1. The van der Waals surface area contributed by atoms with Crippen LogP contribution in [0.5, 0.6) is 0 Å². The Morgan fingerprint density at radius 1 is 1.10 bits per heavy atom. The molecular formula is C16H14FN3. The maximum Gasteiger partial charge on any atom is 0.141 e. The zero-order valence-electron chi connectivity index (χ0n) is 11.1. The molecule has 0 amide bonds. The second kappa shape index (κ2) is 5.25. The highest BCUT2D eigenvalue weighted by Crippen LogP contribution is 2.24. The largest absolute Gasteiger partial charge is 0.340 e. The number of hydrogen-bond acceptors (Lipinski definition) is 3. The molecule has 100 valence electrons. The Hall–Kier alpha value is -2.49. The van der Waals surface area contributed by atoms with Crippen LogP contribution in [-0.4, -0.2) is 9.97 Å². The molecule has 3 rings (SSSR count). The van der Waals surface area contributed by atoms with Crippen molar-refractivity contribution in [2.45, 2.75) is 13.3 Å². The molecule has 0 aliphatic rings. The predicted octanol–water partition coefficient (Wildman–Crippen LogP) is 4.07. The van der Waals surface area contributed by atoms with Crippen molar-refractivity contribution in [2.24, 2.45) is 0 Å². The molecule has 0 saturated heterocycles. The number of aryl methyl sites for hydroxylation is 1. The smallest absolute Gasteiger partial charge is 0.141 e. The average molecular weight is 267 g/mol. The standard InChI is InChI=1S/C16H14FN3/c1-2-11-6-7-15-14(8-11)16(19-10-18-15)20-13-5-3-4-12(17)9-13/h3-10H,2H2,1H3,(H,18,19,20). The van der Waals surface area contributed by atoms with Gasteiger partial charge in [-0.25, -0.2) is 14.4 Å². The van der Waals surface area contributed by atoms with E-state index < -0.39 is 0 Å². The maximum atomic E-state index is 13.2. The summed E-state index contributed by atoms with van der Waals surface area (Å²) in [5, 5.41) is 4.09. The number of nitrogens with one attached hydrogen (secondary N) is 1. The molecule has 0 spiro atoms. The minimum Gasteiger partial charge on any atom is -0.340 e. The fraction of sp³-hybridized carbons (Fsp3) is 0.125. The molecule has 0 bridgehead atoms. The van der Waals surface area contributed by atoms with E-state index in [-0.39, 0.29) is 5.82 Å². The quantitative estimate of drug-likeness (QED) is 0.777. The van der Waals surface area contributed by atoms with Gasteiger partial charge >= 0.3 is 0 Å². The summed E-state index contributed by atoms with van der Waals surface area (Å²) in [5.74, 6) is 0.415. The Bertz CT molecular complexity index is 756. The first kappa shape index (κ1) is 12.5. The van der Waals surface area contributed by atoms with Gasteiger partial charge in [0.1, 0.15) is 18.0 Å². The molecule has 1 heterocycles. The molecule has 0 saturated carbocycles. The van der Waals surface area contributed by atoms with Crippen molar-refractivity contribution in [1.82, 2.24) is 9.97 Å². The Balaban J connectivity index is 2.06. The number of anilines is 2. The number of fused-ring (bicyclic) bond motifs is 1. The van der Waals surface area contributed by atoms with Crippen molar-refractivity contribution in [2.75, 3.05) is 5.32 Å². The Kier molecular flexibility index (Phi) is 3.29. The van der Waals surface area contributed by atoms with E-state index in [4.69, 9.17) is 0 Å². The van der Waals surface area contributed by atoms with Crippen molar-refractivity contribution < 1.29 is 4.39 Å². The van der Waals surface area contributed by atoms with Crippen LogP contribution in [0.25, 0.3) is 10.9 Å². The molecule has 0 unspecified atom stereocenters. The summed E-state index contributed by atoms with van der Waals surface area (Å²) in [6.45, 7) is 2.10. The van der Waals surface area contributed by atoms with Crippen LogP contribution in [0.3, 0.4) is 0 Å². The van der Waals surface area contributed by atoms with E-state index in [1.54, 1.807) is 12.1 Å². The van der Waals surface area contributed by atoms with Crippen LogP contribution in [0.2, 0.25) is 0 Å². The first-order valence-corrected chi connectivity index (χ1v) is 6.52. The van der Waals surface area contributed by atoms with Crippen LogP contribution in [0.15, 0.2) is 48.8 Å². The topological polar surface area (TPSA) is 37.8 Å². The fourth-order valence-electron chi connectivity index (χ4n) is 2.13. The van der Waals surface area contributed by atoms with Crippen LogP contribution < -0.4 is 5.32 Å². The van der Waals surface area contributed by atoms with E-state index in [9.17, 15) is 4.39 Å². The third-order valence-electron chi connectivity index (χ3n) is 3.20. The van der Waals surface area contributed by atoms with Crippen molar-refractivity contribution in [1.29, 1.82) is 0 Å². The molecule has 0 radical (unpaired) electrons. The first-order valence-electron chi connectivity index (χ1n) is 6.52. The van der Waals surface area contributed by atoms with Crippen LogP contribution in [0.1, 0.15) is 12.5 Å². The van der Waals surface area contributed by atoms with Crippen molar-refractivity contribution >= 4 is 22.4 Å². The second-order valence-electron chi connectivity index (χ2n) is 4.56. The van der Waals surface area contributed by atoms with Gasteiger partial charge in [-0.3, -0.25) is 0 Å². The molecular weight excluding hydrogens is 253 g/mol. The summed E-state index contributed by atoms with van der Waals surface area (Å²) in [7, 11) is 0. The lowest BCUT2D eigenvalue weighted by Gasteiger charge is -2.09. The molecule has 0 fully saturated rings. The van der Waals surface area contributed by atoms with Crippen LogP contribution in [0, 0.1) is 5.82 Å². The number of hydrogen-bond donors (Lipinski definition) is 1. The van der Waals surface area contributed by atoms with E-state index >= 15 is 0 Å². The zero-order chi connectivity index (χ0) is 13.9. The van der Waals surface area contributed by atoms with Gasteiger partial charge in [0.25, 0.3) is 0 Å². The third-order valence-corrected chi connectivity index (χ3v) is 3.20.